The summed E-state index contributed by atoms with van der Waals surface area (Å²) in [6.07, 6.45) is 6.96. The first-order valence-electron chi connectivity index (χ1n) is 6.76. The van der Waals surface area contributed by atoms with Crippen LogP contribution in [-0.4, -0.2) is 35.1 Å². The van der Waals surface area contributed by atoms with Crippen molar-refractivity contribution in [2.75, 3.05) is 7.05 Å². The lowest BCUT2D eigenvalue weighted by Gasteiger charge is -2.38. The van der Waals surface area contributed by atoms with Crippen LogP contribution in [0.5, 0.6) is 0 Å². The highest BCUT2D eigenvalue weighted by molar-refractivity contribution is 5.80. The van der Waals surface area contributed by atoms with Gasteiger partial charge in [0.05, 0.1) is 0 Å². The zero-order valence-electron chi connectivity index (χ0n) is 11.4. The monoisotopic (exact) mass is 241 g/mol. The maximum absolute atomic E-state index is 8.66. The lowest BCUT2D eigenvalue weighted by Crippen LogP contribution is -2.44. The summed E-state index contributed by atoms with van der Waals surface area (Å²) < 4.78 is 0. The van der Waals surface area contributed by atoms with Crippen molar-refractivity contribution in [2.45, 2.75) is 64.5 Å². The Labute approximate surface area is 105 Å². The van der Waals surface area contributed by atoms with E-state index in [4.69, 9.17) is 10.9 Å². The standard InChI is InChI=1S/C13H27N3O/c1-4-11(9-13(14)15-17)16(3)12-7-5-6-10(2)8-12/h10-12,17H,4-9H2,1-3H3,(H2,14,15). The second-order valence-electron chi connectivity index (χ2n) is 5.45. The van der Waals surface area contributed by atoms with Gasteiger partial charge in [0, 0.05) is 18.5 Å². The highest BCUT2D eigenvalue weighted by Gasteiger charge is 2.26. The SMILES string of the molecule is CCC(C/C(N)=N/O)N(C)C1CCCC(C)C1. The molecule has 0 aromatic rings. The van der Waals surface area contributed by atoms with Gasteiger partial charge in [-0.25, -0.2) is 0 Å². The van der Waals surface area contributed by atoms with Crippen LogP contribution in [0.3, 0.4) is 0 Å². The molecule has 0 aliphatic heterocycles. The molecule has 0 aromatic carbocycles. The van der Waals surface area contributed by atoms with Gasteiger partial charge < -0.3 is 15.8 Å². The first kappa shape index (κ1) is 14.3. The van der Waals surface area contributed by atoms with E-state index < -0.39 is 0 Å². The van der Waals surface area contributed by atoms with Crippen molar-refractivity contribution in [3.8, 4) is 0 Å². The van der Waals surface area contributed by atoms with Crippen molar-refractivity contribution in [3.63, 3.8) is 0 Å². The third-order valence-electron chi connectivity index (χ3n) is 4.11. The number of nitrogens with two attached hydrogens (primary N) is 1. The van der Waals surface area contributed by atoms with Gasteiger partial charge in [0.15, 0.2) is 0 Å². The Hall–Kier alpha value is -0.770. The van der Waals surface area contributed by atoms with E-state index in [9.17, 15) is 0 Å². The molecule has 1 aliphatic carbocycles. The number of nitrogens with zero attached hydrogens (tertiary/aromatic N) is 2. The molecule has 4 nitrogen and oxygen atoms in total. The van der Waals surface area contributed by atoms with Crippen LogP contribution in [0.25, 0.3) is 0 Å². The molecule has 3 N–H and O–H groups in total. The van der Waals surface area contributed by atoms with Gasteiger partial charge in [-0.05, 0) is 32.2 Å². The molecule has 1 fully saturated rings. The molecule has 100 valence electrons. The molecule has 0 radical (unpaired) electrons. The number of amidine groups is 1. The molecular formula is C13H27N3O. The Bertz CT molecular complexity index is 255. The third-order valence-corrected chi connectivity index (χ3v) is 4.11. The summed E-state index contributed by atoms with van der Waals surface area (Å²) in [5.74, 6) is 1.17. The molecule has 0 bridgehead atoms. The van der Waals surface area contributed by atoms with Crippen LogP contribution >= 0.6 is 0 Å². The van der Waals surface area contributed by atoms with Gasteiger partial charge in [-0.3, -0.25) is 0 Å². The summed E-state index contributed by atoms with van der Waals surface area (Å²) in [5, 5.41) is 11.7. The van der Waals surface area contributed by atoms with Crippen molar-refractivity contribution in [1.29, 1.82) is 0 Å². The number of rotatable bonds is 5. The van der Waals surface area contributed by atoms with Crippen molar-refractivity contribution < 1.29 is 5.21 Å². The van der Waals surface area contributed by atoms with Gasteiger partial charge in [-0.15, -0.1) is 0 Å². The fourth-order valence-corrected chi connectivity index (χ4v) is 2.93. The fraction of sp³-hybridized carbons (Fsp3) is 0.923. The molecule has 3 atom stereocenters. The van der Waals surface area contributed by atoms with Gasteiger partial charge in [0.1, 0.15) is 5.84 Å². The van der Waals surface area contributed by atoms with E-state index in [1.807, 2.05) is 0 Å². The van der Waals surface area contributed by atoms with Crippen molar-refractivity contribution in [3.05, 3.63) is 0 Å². The minimum absolute atomic E-state index is 0.340. The van der Waals surface area contributed by atoms with E-state index in [0.717, 1.165) is 12.3 Å². The number of hydrogen-bond donors (Lipinski definition) is 2. The summed E-state index contributed by atoms with van der Waals surface area (Å²) in [6.45, 7) is 4.50. The van der Waals surface area contributed by atoms with E-state index in [2.05, 4.69) is 31.0 Å². The topological polar surface area (TPSA) is 61.9 Å². The Morgan fingerprint density at radius 3 is 2.76 bits per heavy atom. The maximum atomic E-state index is 8.66. The lowest BCUT2D eigenvalue weighted by molar-refractivity contribution is 0.117. The molecule has 0 saturated heterocycles. The Morgan fingerprint density at radius 1 is 1.53 bits per heavy atom. The van der Waals surface area contributed by atoms with Gasteiger partial charge in [0.25, 0.3) is 0 Å². The molecule has 0 amide bonds. The first-order chi connectivity index (χ1) is 8.08. The van der Waals surface area contributed by atoms with Crippen LogP contribution in [0.1, 0.15) is 52.4 Å². The molecule has 4 heteroatoms. The van der Waals surface area contributed by atoms with E-state index in [1.54, 1.807) is 0 Å². The van der Waals surface area contributed by atoms with E-state index in [-0.39, 0.29) is 0 Å². The Kier molecular flexibility index (Phi) is 5.75. The second-order valence-corrected chi connectivity index (χ2v) is 5.45. The number of oxime groups is 1. The smallest absolute Gasteiger partial charge is 0.140 e. The van der Waals surface area contributed by atoms with Crippen LogP contribution < -0.4 is 5.73 Å². The van der Waals surface area contributed by atoms with Gasteiger partial charge >= 0.3 is 0 Å². The van der Waals surface area contributed by atoms with Crippen LogP contribution in [0.2, 0.25) is 0 Å². The molecule has 1 rings (SSSR count). The summed E-state index contributed by atoms with van der Waals surface area (Å²) >= 11 is 0. The van der Waals surface area contributed by atoms with E-state index in [1.165, 1.54) is 25.7 Å². The molecular weight excluding hydrogens is 214 g/mol. The molecule has 1 aliphatic rings. The zero-order valence-corrected chi connectivity index (χ0v) is 11.4. The van der Waals surface area contributed by atoms with Crippen LogP contribution in [0.4, 0.5) is 0 Å². The first-order valence-corrected chi connectivity index (χ1v) is 6.76. The summed E-state index contributed by atoms with van der Waals surface area (Å²) in [7, 11) is 2.18. The fourth-order valence-electron chi connectivity index (χ4n) is 2.93. The molecule has 1 saturated carbocycles. The zero-order chi connectivity index (χ0) is 12.8. The third kappa shape index (κ3) is 4.19. The highest BCUT2D eigenvalue weighted by Crippen LogP contribution is 2.28. The van der Waals surface area contributed by atoms with Crippen LogP contribution in [0.15, 0.2) is 5.16 Å². The van der Waals surface area contributed by atoms with E-state index in [0.29, 0.717) is 24.3 Å². The van der Waals surface area contributed by atoms with Gasteiger partial charge in [-0.1, -0.05) is 31.8 Å². The average molecular weight is 241 g/mol. The summed E-state index contributed by atoms with van der Waals surface area (Å²) in [4.78, 5) is 2.44. The largest absolute Gasteiger partial charge is 0.409 e. The highest BCUT2D eigenvalue weighted by atomic mass is 16.4. The summed E-state index contributed by atoms with van der Waals surface area (Å²) in [5.41, 5.74) is 5.62. The normalized spacial score (nSPS) is 28.4. The van der Waals surface area contributed by atoms with Crippen molar-refractivity contribution in [2.24, 2.45) is 16.8 Å². The lowest BCUT2D eigenvalue weighted by atomic mass is 9.85. The van der Waals surface area contributed by atoms with Crippen LogP contribution in [0, 0.1) is 5.92 Å². The Balaban J connectivity index is 2.55. The maximum Gasteiger partial charge on any atom is 0.140 e. The van der Waals surface area contributed by atoms with Gasteiger partial charge in [0.2, 0.25) is 0 Å². The molecule has 0 aromatic heterocycles. The minimum Gasteiger partial charge on any atom is -0.409 e. The molecule has 17 heavy (non-hydrogen) atoms. The van der Waals surface area contributed by atoms with Gasteiger partial charge in [-0.2, -0.15) is 0 Å². The van der Waals surface area contributed by atoms with Crippen molar-refractivity contribution in [1.82, 2.24) is 4.90 Å². The average Bonchev–Trinajstić information content (AvgIpc) is 2.34. The predicted octanol–water partition coefficient (Wildman–Crippen LogP) is 2.41. The van der Waals surface area contributed by atoms with E-state index >= 15 is 0 Å². The predicted molar refractivity (Wildman–Crippen MR) is 71.3 cm³/mol. The number of hydrogen-bond acceptors (Lipinski definition) is 3. The second kappa shape index (κ2) is 6.84. The Morgan fingerprint density at radius 2 is 2.24 bits per heavy atom. The molecule has 3 unspecified atom stereocenters. The molecule has 0 heterocycles. The summed E-state index contributed by atoms with van der Waals surface area (Å²) in [6, 6.07) is 1.05. The molecule has 0 spiro atoms. The minimum atomic E-state index is 0.340. The van der Waals surface area contributed by atoms with Crippen molar-refractivity contribution >= 4 is 5.84 Å². The van der Waals surface area contributed by atoms with Crippen LogP contribution in [-0.2, 0) is 0 Å². The quantitative estimate of drug-likeness (QED) is 0.336.